The summed E-state index contributed by atoms with van der Waals surface area (Å²) in [6.07, 6.45) is 7.94. The number of nitrogens with one attached hydrogen (secondary N) is 2. The van der Waals surface area contributed by atoms with Gasteiger partial charge in [-0.2, -0.15) is 0 Å². The number of aromatic amines is 1. The van der Waals surface area contributed by atoms with E-state index in [-0.39, 0.29) is 12.4 Å². The molecule has 3 heterocycles. The number of halogens is 2. The molecule has 0 aliphatic carbocycles. The third-order valence-electron chi connectivity index (χ3n) is 4.08. The van der Waals surface area contributed by atoms with Crippen molar-refractivity contribution in [3.63, 3.8) is 0 Å². The second-order valence-corrected chi connectivity index (χ2v) is 6.33. The van der Waals surface area contributed by atoms with Crippen molar-refractivity contribution < 1.29 is 4.39 Å². The molecule has 0 aliphatic heterocycles. The van der Waals surface area contributed by atoms with Crippen molar-refractivity contribution >= 4 is 28.6 Å². The van der Waals surface area contributed by atoms with Crippen molar-refractivity contribution in [1.29, 1.82) is 0 Å². The van der Waals surface area contributed by atoms with Crippen LogP contribution in [0, 0.1) is 5.82 Å². The van der Waals surface area contributed by atoms with Crippen LogP contribution >= 0.6 is 11.6 Å². The predicted molar refractivity (Wildman–Crippen MR) is 99.7 cm³/mol. The van der Waals surface area contributed by atoms with E-state index in [0.29, 0.717) is 23.0 Å². The van der Waals surface area contributed by atoms with Crippen LogP contribution in [0.1, 0.15) is 16.7 Å². The fraction of sp³-hybridized carbons (Fsp3) is 0.105. The second-order valence-electron chi connectivity index (χ2n) is 5.89. The van der Waals surface area contributed by atoms with Crippen LogP contribution in [0.25, 0.3) is 11.0 Å². The van der Waals surface area contributed by atoms with Gasteiger partial charge in [0.2, 0.25) is 5.95 Å². The zero-order valence-electron chi connectivity index (χ0n) is 13.7. The summed E-state index contributed by atoms with van der Waals surface area (Å²) >= 11 is 5.90. The van der Waals surface area contributed by atoms with Crippen LogP contribution in [-0.4, -0.2) is 19.9 Å². The number of fused-ring (bicyclic) bond motifs is 1. The van der Waals surface area contributed by atoms with Gasteiger partial charge >= 0.3 is 0 Å². The molecule has 7 heteroatoms. The van der Waals surface area contributed by atoms with E-state index in [4.69, 9.17) is 11.6 Å². The van der Waals surface area contributed by atoms with Gasteiger partial charge in [-0.3, -0.25) is 0 Å². The first-order chi connectivity index (χ1) is 12.7. The number of pyridine rings is 1. The summed E-state index contributed by atoms with van der Waals surface area (Å²) < 4.78 is 13.7. The molecule has 130 valence electrons. The molecule has 0 amide bonds. The van der Waals surface area contributed by atoms with E-state index in [0.717, 1.165) is 22.2 Å². The Morgan fingerprint density at radius 3 is 2.77 bits per heavy atom. The summed E-state index contributed by atoms with van der Waals surface area (Å²) in [4.78, 5) is 16.1. The number of benzene rings is 1. The maximum absolute atomic E-state index is 13.7. The number of anilines is 1. The van der Waals surface area contributed by atoms with Crippen LogP contribution < -0.4 is 5.32 Å². The molecule has 2 N–H and O–H groups in total. The average molecular weight is 368 g/mol. The minimum Gasteiger partial charge on any atom is -0.350 e. The second kappa shape index (κ2) is 7.09. The van der Waals surface area contributed by atoms with Crippen molar-refractivity contribution in [2.24, 2.45) is 0 Å². The molecule has 4 rings (SSSR count). The Hall–Kier alpha value is -2.99. The third-order valence-corrected chi connectivity index (χ3v) is 4.32. The zero-order valence-corrected chi connectivity index (χ0v) is 14.5. The molecule has 0 saturated carbocycles. The summed E-state index contributed by atoms with van der Waals surface area (Å²) in [5, 5.41) is 4.59. The number of H-pyrrole nitrogens is 1. The molecule has 0 radical (unpaired) electrons. The first-order valence-electron chi connectivity index (χ1n) is 8.09. The minimum absolute atomic E-state index is 0.264. The van der Waals surface area contributed by atoms with Crippen LogP contribution in [0.4, 0.5) is 10.3 Å². The summed E-state index contributed by atoms with van der Waals surface area (Å²) in [5.74, 6) is 0.125. The summed E-state index contributed by atoms with van der Waals surface area (Å²) in [6, 6.07) is 8.40. The molecule has 0 aliphatic rings. The third kappa shape index (κ3) is 3.50. The Morgan fingerprint density at radius 1 is 1.08 bits per heavy atom. The summed E-state index contributed by atoms with van der Waals surface area (Å²) in [6.45, 7) is 0.264. The van der Waals surface area contributed by atoms with Gasteiger partial charge in [-0.05, 0) is 41.5 Å². The molecule has 0 atom stereocenters. The molecule has 1 aromatic carbocycles. The molecule has 0 spiro atoms. The van der Waals surface area contributed by atoms with Gasteiger partial charge in [0.05, 0.1) is 0 Å². The van der Waals surface area contributed by atoms with E-state index >= 15 is 0 Å². The van der Waals surface area contributed by atoms with Crippen LogP contribution in [0.3, 0.4) is 0 Å². The molecule has 5 nitrogen and oxygen atoms in total. The highest BCUT2D eigenvalue weighted by Gasteiger charge is 2.07. The highest BCUT2D eigenvalue weighted by atomic mass is 35.5. The highest BCUT2D eigenvalue weighted by Crippen LogP contribution is 2.19. The quantitative estimate of drug-likeness (QED) is 0.550. The Balaban J connectivity index is 1.44. The van der Waals surface area contributed by atoms with Gasteiger partial charge in [-0.25, -0.2) is 19.3 Å². The van der Waals surface area contributed by atoms with Crippen molar-refractivity contribution in [2.75, 3.05) is 5.32 Å². The SMILES string of the molecule is Fc1ccc(Cl)cc1CNc1ncc(Cc2c[nH]c3ncccc23)cn1. The topological polar surface area (TPSA) is 66.5 Å². The van der Waals surface area contributed by atoms with E-state index in [2.05, 4.69) is 25.3 Å². The molecule has 0 unspecified atom stereocenters. The number of aromatic nitrogens is 4. The molecular weight excluding hydrogens is 353 g/mol. The largest absolute Gasteiger partial charge is 0.350 e. The van der Waals surface area contributed by atoms with Gasteiger partial charge in [0.25, 0.3) is 0 Å². The first kappa shape index (κ1) is 16.5. The Labute approximate surface area is 154 Å². The Kier molecular flexibility index (Phi) is 4.50. The van der Waals surface area contributed by atoms with Gasteiger partial charge in [0.1, 0.15) is 11.5 Å². The fourth-order valence-electron chi connectivity index (χ4n) is 2.77. The smallest absolute Gasteiger partial charge is 0.222 e. The molecule has 0 fully saturated rings. The lowest BCUT2D eigenvalue weighted by Gasteiger charge is -2.07. The number of rotatable bonds is 5. The van der Waals surface area contributed by atoms with Crippen LogP contribution in [0.2, 0.25) is 5.02 Å². The molecular formula is C19H15ClFN5. The number of hydrogen-bond donors (Lipinski definition) is 2. The van der Waals surface area contributed by atoms with E-state index < -0.39 is 0 Å². The van der Waals surface area contributed by atoms with Crippen molar-refractivity contribution in [3.8, 4) is 0 Å². The van der Waals surface area contributed by atoms with Crippen molar-refractivity contribution in [3.05, 3.63) is 82.6 Å². The normalized spacial score (nSPS) is 11.0. The lowest BCUT2D eigenvalue weighted by molar-refractivity contribution is 0.612. The van der Waals surface area contributed by atoms with Crippen molar-refractivity contribution in [2.45, 2.75) is 13.0 Å². The van der Waals surface area contributed by atoms with Gasteiger partial charge < -0.3 is 10.3 Å². The van der Waals surface area contributed by atoms with Crippen LogP contribution in [0.5, 0.6) is 0 Å². The van der Waals surface area contributed by atoms with E-state index in [1.165, 1.54) is 12.1 Å². The maximum Gasteiger partial charge on any atom is 0.222 e. The monoisotopic (exact) mass is 367 g/mol. The summed E-state index contributed by atoms with van der Waals surface area (Å²) in [5.41, 5.74) is 3.45. The van der Waals surface area contributed by atoms with E-state index in [1.807, 2.05) is 18.3 Å². The highest BCUT2D eigenvalue weighted by molar-refractivity contribution is 6.30. The molecule has 0 bridgehead atoms. The molecule has 0 saturated heterocycles. The van der Waals surface area contributed by atoms with Gasteiger partial charge in [-0.15, -0.1) is 0 Å². The lowest BCUT2D eigenvalue weighted by Crippen LogP contribution is -2.05. The fourth-order valence-corrected chi connectivity index (χ4v) is 2.96. The standard InChI is InChI=1S/C19H15ClFN5/c20-15-3-4-17(21)14(7-15)11-26-19-24-8-12(9-25-19)6-13-10-23-18-16(13)2-1-5-22-18/h1-5,7-10H,6,11H2,(H,22,23)(H,24,25,26). The molecule has 3 aromatic heterocycles. The first-order valence-corrected chi connectivity index (χ1v) is 8.46. The number of nitrogens with zero attached hydrogens (tertiary/aromatic N) is 3. The minimum atomic E-state index is -0.313. The van der Waals surface area contributed by atoms with Gasteiger partial charge in [0, 0.05) is 53.7 Å². The van der Waals surface area contributed by atoms with Gasteiger partial charge in [-0.1, -0.05) is 11.6 Å². The Morgan fingerprint density at radius 2 is 1.92 bits per heavy atom. The summed E-state index contributed by atoms with van der Waals surface area (Å²) in [7, 11) is 0. The molecule has 4 aromatic rings. The van der Waals surface area contributed by atoms with Crippen molar-refractivity contribution in [1.82, 2.24) is 19.9 Å². The zero-order chi connectivity index (χ0) is 17.9. The van der Waals surface area contributed by atoms with Gasteiger partial charge in [0.15, 0.2) is 0 Å². The van der Waals surface area contributed by atoms with Crippen LogP contribution in [-0.2, 0) is 13.0 Å². The molecule has 26 heavy (non-hydrogen) atoms. The average Bonchev–Trinajstić information content (AvgIpc) is 3.07. The van der Waals surface area contributed by atoms with E-state index in [1.54, 1.807) is 24.7 Å². The maximum atomic E-state index is 13.7. The predicted octanol–water partition coefficient (Wildman–Crippen LogP) is 4.35. The van der Waals surface area contributed by atoms with Crippen LogP contribution in [0.15, 0.2) is 55.1 Å². The Bertz CT molecular complexity index is 1050. The lowest BCUT2D eigenvalue weighted by atomic mass is 10.1. The van der Waals surface area contributed by atoms with E-state index in [9.17, 15) is 4.39 Å². The number of hydrogen-bond acceptors (Lipinski definition) is 4.